The van der Waals surface area contributed by atoms with Crippen LogP contribution in [0.25, 0.3) is 10.8 Å². The Labute approximate surface area is 247 Å². The predicted molar refractivity (Wildman–Crippen MR) is 163 cm³/mol. The number of hydrogen-bond acceptors (Lipinski definition) is 9. The van der Waals surface area contributed by atoms with E-state index in [-0.39, 0.29) is 11.7 Å². The number of phenols is 1. The number of phenolic OH excluding ortho intramolecular Hbond substituents is 1. The lowest BCUT2D eigenvalue weighted by atomic mass is 10.0. The standard InChI is InChI=1S/C32H40N6O4/c1-3-30(40)36-13-15-37(16-14-36)31-27-10-12-38(29-20-25(39)19-23-7-4-5-9-26(23)29)21-28(27)33-32(34-31)42-22-24-8-6-11-35(24)17-18-41-2/h3-5,7,9,19-20,24,39H,1,6,8,10-18,21-22H2,2H3. The van der Waals surface area contributed by atoms with Crippen molar-refractivity contribution in [3.05, 3.63) is 60.3 Å². The summed E-state index contributed by atoms with van der Waals surface area (Å²) >= 11 is 0. The molecule has 2 aromatic carbocycles. The number of carbonyl (C=O) groups is 1. The molecule has 4 heterocycles. The molecule has 6 rings (SSSR count). The Morgan fingerprint density at radius 2 is 1.93 bits per heavy atom. The highest BCUT2D eigenvalue weighted by Gasteiger charge is 2.30. The van der Waals surface area contributed by atoms with Gasteiger partial charge in [0, 0.05) is 75.1 Å². The normalized spacial score (nSPS) is 19.3. The van der Waals surface area contributed by atoms with Gasteiger partial charge in [-0.15, -0.1) is 0 Å². The maximum Gasteiger partial charge on any atom is 0.318 e. The summed E-state index contributed by atoms with van der Waals surface area (Å²) in [6.45, 7) is 10.8. The molecule has 0 saturated carbocycles. The van der Waals surface area contributed by atoms with Crippen LogP contribution in [0.4, 0.5) is 11.5 Å². The van der Waals surface area contributed by atoms with Crippen molar-refractivity contribution in [2.75, 3.05) is 75.9 Å². The molecule has 42 heavy (non-hydrogen) atoms. The van der Waals surface area contributed by atoms with Crippen molar-refractivity contribution in [3.63, 3.8) is 0 Å². The molecule has 10 heteroatoms. The van der Waals surface area contributed by atoms with Crippen LogP contribution >= 0.6 is 0 Å². The molecule has 1 aromatic heterocycles. The minimum Gasteiger partial charge on any atom is -0.508 e. The van der Waals surface area contributed by atoms with Gasteiger partial charge < -0.3 is 29.3 Å². The summed E-state index contributed by atoms with van der Waals surface area (Å²) in [5.74, 6) is 1.12. The second-order valence-electron chi connectivity index (χ2n) is 11.3. The molecule has 1 atom stereocenters. The van der Waals surface area contributed by atoms with Crippen molar-refractivity contribution in [2.45, 2.75) is 31.8 Å². The zero-order valence-corrected chi connectivity index (χ0v) is 24.4. The number of nitrogens with zero attached hydrogens (tertiary/aromatic N) is 6. The zero-order chi connectivity index (χ0) is 29.1. The van der Waals surface area contributed by atoms with E-state index in [9.17, 15) is 9.90 Å². The maximum atomic E-state index is 12.2. The van der Waals surface area contributed by atoms with Gasteiger partial charge in [-0.05, 0) is 43.3 Å². The van der Waals surface area contributed by atoms with Gasteiger partial charge in [0.2, 0.25) is 5.91 Å². The average molecular weight is 573 g/mol. The second kappa shape index (κ2) is 12.5. The monoisotopic (exact) mass is 572 g/mol. The van der Waals surface area contributed by atoms with E-state index in [1.165, 1.54) is 6.08 Å². The molecule has 0 bridgehead atoms. The first-order chi connectivity index (χ1) is 20.5. The van der Waals surface area contributed by atoms with Crippen LogP contribution in [0.3, 0.4) is 0 Å². The smallest absolute Gasteiger partial charge is 0.318 e. The molecule has 1 N–H and O–H groups in total. The van der Waals surface area contributed by atoms with Gasteiger partial charge in [0.25, 0.3) is 0 Å². The number of ether oxygens (including phenoxy) is 2. The fraction of sp³-hybridized carbons (Fsp3) is 0.469. The Kier molecular flexibility index (Phi) is 8.43. The molecule has 2 saturated heterocycles. The molecular formula is C32H40N6O4. The van der Waals surface area contributed by atoms with Gasteiger partial charge in [0.1, 0.15) is 18.2 Å². The Hall–Kier alpha value is -3.89. The number of anilines is 2. The molecule has 222 valence electrons. The highest BCUT2D eigenvalue weighted by atomic mass is 16.5. The third kappa shape index (κ3) is 5.87. The summed E-state index contributed by atoms with van der Waals surface area (Å²) < 4.78 is 11.6. The molecule has 3 aliphatic rings. The largest absolute Gasteiger partial charge is 0.508 e. The number of aromatic hydroxyl groups is 1. The number of likely N-dealkylation sites (tertiary alicyclic amines) is 1. The third-order valence-corrected chi connectivity index (χ3v) is 8.74. The minimum absolute atomic E-state index is 0.0352. The Balaban J connectivity index is 1.28. The summed E-state index contributed by atoms with van der Waals surface area (Å²) in [5, 5.41) is 12.6. The van der Waals surface area contributed by atoms with Crippen LogP contribution in [-0.4, -0.2) is 103 Å². The number of fused-ring (bicyclic) bond motifs is 2. The van der Waals surface area contributed by atoms with Gasteiger partial charge >= 0.3 is 6.01 Å². The Morgan fingerprint density at radius 1 is 1.10 bits per heavy atom. The van der Waals surface area contributed by atoms with E-state index in [1.807, 2.05) is 29.2 Å². The zero-order valence-electron chi connectivity index (χ0n) is 24.4. The molecule has 0 aliphatic carbocycles. The second-order valence-corrected chi connectivity index (χ2v) is 11.3. The van der Waals surface area contributed by atoms with Crippen molar-refractivity contribution in [1.82, 2.24) is 19.8 Å². The lowest BCUT2D eigenvalue weighted by molar-refractivity contribution is -0.126. The number of rotatable bonds is 9. The van der Waals surface area contributed by atoms with E-state index in [2.05, 4.69) is 27.3 Å². The van der Waals surface area contributed by atoms with Gasteiger partial charge in [-0.25, -0.2) is 0 Å². The molecule has 3 aromatic rings. The van der Waals surface area contributed by atoms with Crippen molar-refractivity contribution in [2.24, 2.45) is 0 Å². The van der Waals surface area contributed by atoms with Crippen LogP contribution in [0.5, 0.6) is 11.8 Å². The summed E-state index contributed by atoms with van der Waals surface area (Å²) in [6, 6.07) is 12.5. The first-order valence-electron chi connectivity index (χ1n) is 14.9. The van der Waals surface area contributed by atoms with E-state index >= 15 is 0 Å². The highest BCUT2D eigenvalue weighted by molar-refractivity contribution is 5.95. The SMILES string of the molecule is C=CC(=O)N1CCN(c2nc(OCC3CCCN3CCOC)nc3c2CCN(c2cc(O)cc4ccccc24)C3)CC1. The molecule has 10 nitrogen and oxygen atoms in total. The molecule has 0 radical (unpaired) electrons. The van der Waals surface area contributed by atoms with Crippen LogP contribution in [0.15, 0.2) is 49.1 Å². The van der Waals surface area contributed by atoms with E-state index < -0.39 is 0 Å². The van der Waals surface area contributed by atoms with Gasteiger partial charge in [0.15, 0.2) is 0 Å². The number of hydrogen-bond donors (Lipinski definition) is 1. The fourth-order valence-corrected chi connectivity index (χ4v) is 6.48. The van der Waals surface area contributed by atoms with E-state index in [1.54, 1.807) is 13.2 Å². The Morgan fingerprint density at radius 3 is 2.74 bits per heavy atom. The van der Waals surface area contributed by atoms with Crippen LogP contribution in [-0.2, 0) is 22.5 Å². The van der Waals surface area contributed by atoms with Gasteiger partial charge in [-0.1, -0.05) is 30.8 Å². The van der Waals surface area contributed by atoms with Crippen molar-refractivity contribution in [3.8, 4) is 11.8 Å². The topological polar surface area (TPSA) is 94.5 Å². The number of piperazine rings is 1. The van der Waals surface area contributed by atoms with Gasteiger partial charge in [-0.3, -0.25) is 9.69 Å². The van der Waals surface area contributed by atoms with E-state index in [0.29, 0.717) is 58.0 Å². The van der Waals surface area contributed by atoms with Gasteiger partial charge in [-0.2, -0.15) is 9.97 Å². The molecule has 1 amide bonds. The van der Waals surface area contributed by atoms with E-state index in [4.69, 9.17) is 19.4 Å². The van der Waals surface area contributed by atoms with Crippen molar-refractivity contribution >= 4 is 28.2 Å². The van der Waals surface area contributed by atoms with Crippen LogP contribution in [0, 0.1) is 0 Å². The third-order valence-electron chi connectivity index (χ3n) is 8.74. The van der Waals surface area contributed by atoms with Crippen molar-refractivity contribution in [1.29, 1.82) is 0 Å². The predicted octanol–water partition coefficient (Wildman–Crippen LogP) is 3.22. The molecule has 1 unspecified atom stereocenters. The minimum atomic E-state index is -0.0352. The molecule has 0 spiro atoms. The first kappa shape index (κ1) is 28.2. The van der Waals surface area contributed by atoms with Crippen LogP contribution < -0.4 is 14.5 Å². The van der Waals surface area contributed by atoms with Gasteiger partial charge in [0.05, 0.1) is 18.8 Å². The van der Waals surface area contributed by atoms with Crippen molar-refractivity contribution < 1.29 is 19.4 Å². The number of benzene rings is 2. The molecular weight excluding hydrogens is 532 g/mol. The quantitative estimate of drug-likeness (QED) is 0.388. The fourth-order valence-electron chi connectivity index (χ4n) is 6.48. The summed E-state index contributed by atoms with van der Waals surface area (Å²) in [6.07, 6.45) is 4.38. The highest BCUT2D eigenvalue weighted by Crippen LogP contribution is 2.36. The molecule has 2 fully saturated rings. The first-order valence-corrected chi connectivity index (χ1v) is 14.9. The number of carbonyl (C=O) groups excluding carboxylic acids is 1. The van der Waals surface area contributed by atoms with Crippen LogP contribution in [0.1, 0.15) is 24.1 Å². The lowest BCUT2D eigenvalue weighted by Gasteiger charge is -2.38. The summed E-state index contributed by atoms with van der Waals surface area (Å²) in [4.78, 5) is 30.9. The van der Waals surface area contributed by atoms with Crippen LogP contribution in [0.2, 0.25) is 0 Å². The number of aromatic nitrogens is 2. The average Bonchev–Trinajstić information content (AvgIpc) is 3.48. The molecule has 3 aliphatic heterocycles. The van der Waals surface area contributed by atoms with E-state index in [0.717, 1.165) is 72.4 Å². The number of methoxy groups -OCH3 is 1. The summed E-state index contributed by atoms with van der Waals surface area (Å²) in [7, 11) is 1.74. The lowest BCUT2D eigenvalue weighted by Crippen LogP contribution is -2.49. The maximum absolute atomic E-state index is 12.2. The number of amides is 1. The summed E-state index contributed by atoms with van der Waals surface area (Å²) in [5.41, 5.74) is 3.07. The Bertz CT molecular complexity index is 1440.